The summed E-state index contributed by atoms with van der Waals surface area (Å²) in [4.78, 5) is 17.6. The number of aromatic nitrogens is 2. The first kappa shape index (κ1) is 22.0. The van der Waals surface area contributed by atoms with Crippen LogP contribution in [0.15, 0.2) is 12.4 Å². The van der Waals surface area contributed by atoms with Gasteiger partial charge in [0.2, 0.25) is 5.95 Å². The molecule has 0 aliphatic carbocycles. The lowest BCUT2D eigenvalue weighted by atomic mass is 9.91. The Kier molecular flexibility index (Phi) is 7.30. The maximum atomic E-state index is 4.87. The molecular formula is C25H43N5. The van der Waals surface area contributed by atoms with E-state index in [4.69, 9.17) is 9.97 Å². The molecule has 3 fully saturated rings. The number of rotatable bonds is 8. The summed E-state index contributed by atoms with van der Waals surface area (Å²) >= 11 is 0. The largest absolute Gasteiger partial charge is 0.332 e. The van der Waals surface area contributed by atoms with E-state index in [9.17, 15) is 0 Å². The van der Waals surface area contributed by atoms with Gasteiger partial charge in [-0.2, -0.15) is 0 Å². The minimum atomic E-state index is 0.593. The van der Waals surface area contributed by atoms with Crippen molar-refractivity contribution in [2.24, 2.45) is 5.92 Å². The minimum absolute atomic E-state index is 0.593. The minimum Gasteiger partial charge on any atom is -0.332 e. The zero-order valence-electron chi connectivity index (χ0n) is 19.8. The molecule has 0 aromatic carbocycles. The first-order chi connectivity index (χ1) is 14.5. The van der Waals surface area contributed by atoms with E-state index in [2.05, 4.69) is 54.8 Å². The van der Waals surface area contributed by atoms with Crippen LogP contribution in [0.4, 0.5) is 5.95 Å². The van der Waals surface area contributed by atoms with Crippen LogP contribution in [0, 0.1) is 5.92 Å². The maximum Gasteiger partial charge on any atom is 0.225 e. The van der Waals surface area contributed by atoms with E-state index in [0.29, 0.717) is 24.0 Å². The summed E-state index contributed by atoms with van der Waals surface area (Å²) < 4.78 is 0. The smallest absolute Gasteiger partial charge is 0.225 e. The van der Waals surface area contributed by atoms with Gasteiger partial charge in [0.15, 0.2) is 0 Å². The highest BCUT2D eigenvalue weighted by Crippen LogP contribution is 2.34. The molecule has 1 aromatic rings. The molecule has 4 heterocycles. The topological polar surface area (TPSA) is 35.5 Å². The molecule has 168 valence electrons. The third-order valence-corrected chi connectivity index (χ3v) is 8.06. The molecule has 0 amide bonds. The zero-order chi connectivity index (χ0) is 21.1. The van der Waals surface area contributed by atoms with Crippen LogP contribution in [0.3, 0.4) is 0 Å². The molecule has 3 aliphatic rings. The Labute approximate surface area is 184 Å². The molecular weight excluding hydrogens is 370 g/mol. The molecule has 3 atom stereocenters. The van der Waals surface area contributed by atoms with Crippen LogP contribution < -0.4 is 4.90 Å². The summed E-state index contributed by atoms with van der Waals surface area (Å²) in [5.74, 6) is 2.48. The van der Waals surface area contributed by atoms with E-state index in [-0.39, 0.29) is 0 Å². The highest BCUT2D eigenvalue weighted by Gasteiger charge is 2.41. The molecule has 5 nitrogen and oxygen atoms in total. The fourth-order valence-electron chi connectivity index (χ4n) is 5.72. The van der Waals surface area contributed by atoms with Crippen LogP contribution in [0.25, 0.3) is 0 Å². The van der Waals surface area contributed by atoms with Crippen molar-refractivity contribution in [3.8, 4) is 0 Å². The monoisotopic (exact) mass is 413 g/mol. The number of likely N-dealkylation sites (tertiary alicyclic amines) is 2. The van der Waals surface area contributed by atoms with Crippen molar-refractivity contribution < 1.29 is 0 Å². The summed E-state index contributed by atoms with van der Waals surface area (Å²) in [5, 5.41) is 0. The van der Waals surface area contributed by atoms with Crippen molar-refractivity contribution in [1.82, 2.24) is 19.8 Å². The second kappa shape index (κ2) is 9.95. The SMILES string of the molecule is CCC(C)CCCN1CCC(c2cnc(N3C4CCC3CN(C(C)C)C4)nc2)CC1. The number of fused-ring (bicyclic) bond motifs is 2. The van der Waals surface area contributed by atoms with E-state index < -0.39 is 0 Å². The zero-order valence-corrected chi connectivity index (χ0v) is 19.8. The Morgan fingerprint density at radius 3 is 2.17 bits per heavy atom. The Morgan fingerprint density at radius 2 is 1.60 bits per heavy atom. The first-order valence-corrected chi connectivity index (χ1v) is 12.6. The molecule has 0 radical (unpaired) electrons. The molecule has 5 heteroatoms. The summed E-state index contributed by atoms with van der Waals surface area (Å²) in [6.45, 7) is 15.4. The molecule has 0 saturated carbocycles. The van der Waals surface area contributed by atoms with E-state index in [0.717, 1.165) is 25.0 Å². The van der Waals surface area contributed by atoms with Crippen molar-refractivity contribution in [3.05, 3.63) is 18.0 Å². The molecule has 2 bridgehead atoms. The fraction of sp³-hybridized carbons (Fsp3) is 0.840. The lowest BCUT2D eigenvalue weighted by Crippen LogP contribution is -2.56. The Bertz CT molecular complexity index is 638. The standard InChI is InChI=1S/C25H43N5/c1-5-20(4)7-6-12-28-13-10-21(11-14-28)22-15-26-25(27-16-22)30-23-8-9-24(30)18-29(17-23)19(2)3/h15-16,19-21,23-24H,5-14,17-18H2,1-4H3. The van der Waals surface area contributed by atoms with Gasteiger partial charge in [0, 0.05) is 43.6 Å². The first-order valence-electron chi connectivity index (χ1n) is 12.6. The van der Waals surface area contributed by atoms with Gasteiger partial charge in [-0.25, -0.2) is 9.97 Å². The molecule has 0 N–H and O–H groups in total. The maximum absolute atomic E-state index is 4.87. The van der Waals surface area contributed by atoms with E-state index in [1.54, 1.807) is 0 Å². The van der Waals surface area contributed by atoms with Crippen LogP contribution in [-0.2, 0) is 0 Å². The van der Waals surface area contributed by atoms with Gasteiger partial charge in [-0.1, -0.05) is 20.3 Å². The second-order valence-corrected chi connectivity index (χ2v) is 10.4. The van der Waals surface area contributed by atoms with E-state index >= 15 is 0 Å². The Hall–Kier alpha value is -1.20. The predicted molar refractivity (Wildman–Crippen MR) is 125 cm³/mol. The van der Waals surface area contributed by atoms with Crippen molar-refractivity contribution in [1.29, 1.82) is 0 Å². The average Bonchev–Trinajstić information content (AvgIpc) is 3.03. The third kappa shape index (κ3) is 4.99. The fourth-order valence-corrected chi connectivity index (χ4v) is 5.72. The molecule has 3 saturated heterocycles. The van der Waals surface area contributed by atoms with Gasteiger partial charge in [0.05, 0.1) is 0 Å². The number of anilines is 1. The number of piperidine rings is 1. The van der Waals surface area contributed by atoms with Crippen LogP contribution in [-0.4, -0.2) is 70.6 Å². The third-order valence-electron chi connectivity index (χ3n) is 8.06. The average molecular weight is 414 g/mol. The van der Waals surface area contributed by atoms with Gasteiger partial charge < -0.3 is 9.80 Å². The highest BCUT2D eigenvalue weighted by atomic mass is 15.4. The van der Waals surface area contributed by atoms with Crippen molar-refractivity contribution in [2.75, 3.05) is 37.6 Å². The summed E-state index contributed by atoms with van der Waals surface area (Å²) in [7, 11) is 0. The van der Waals surface area contributed by atoms with Gasteiger partial charge in [-0.3, -0.25) is 4.90 Å². The summed E-state index contributed by atoms with van der Waals surface area (Å²) in [5.41, 5.74) is 1.35. The Morgan fingerprint density at radius 1 is 0.967 bits per heavy atom. The van der Waals surface area contributed by atoms with Crippen LogP contribution in [0.1, 0.15) is 84.1 Å². The van der Waals surface area contributed by atoms with E-state index in [1.807, 2.05) is 0 Å². The summed E-state index contributed by atoms with van der Waals surface area (Å²) in [6, 6.07) is 1.82. The predicted octanol–water partition coefficient (Wildman–Crippen LogP) is 4.54. The molecule has 30 heavy (non-hydrogen) atoms. The van der Waals surface area contributed by atoms with Gasteiger partial charge in [-0.15, -0.1) is 0 Å². The molecule has 3 unspecified atom stereocenters. The molecule has 3 aliphatic heterocycles. The van der Waals surface area contributed by atoms with Gasteiger partial charge in [-0.05, 0) is 89.4 Å². The lowest BCUT2D eigenvalue weighted by Gasteiger charge is -2.42. The van der Waals surface area contributed by atoms with Gasteiger partial charge in [0.1, 0.15) is 0 Å². The van der Waals surface area contributed by atoms with Crippen LogP contribution in [0.2, 0.25) is 0 Å². The molecule has 0 spiro atoms. The Balaban J connectivity index is 1.28. The van der Waals surface area contributed by atoms with Crippen molar-refractivity contribution in [2.45, 2.75) is 96.7 Å². The number of hydrogen-bond donors (Lipinski definition) is 0. The van der Waals surface area contributed by atoms with Gasteiger partial charge >= 0.3 is 0 Å². The number of nitrogens with zero attached hydrogens (tertiary/aromatic N) is 5. The van der Waals surface area contributed by atoms with Crippen molar-refractivity contribution >= 4 is 5.95 Å². The summed E-state index contributed by atoms with van der Waals surface area (Å²) in [6.07, 6.45) is 13.4. The van der Waals surface area contributed by atoms with E-state index in [1.165, 1.54) is 70.1 Å². The molecule has 4 rings (SSSR count). The normalized spacial score (nSPS) is 27.2. The second-order valence-electron chi connectivity index (χ2n) is 10.4. The quantitative estimate of drug-likeness (QED) is 0.625. The van der Waals surface area contributed by atoms with Crippen LogP contribution >= 0.6 is 0 Å². The lowest BCUT2D eigenvalue weighted by molar-refractivity contribution is 0.176. The number of hydrogen-bond acceptors (Lipinski definition) is 5. The van der Waals surface area contributed by atoms with Crippen molar-refractivity contribution in [3.63, 3.8) is 0 Å². The highest BCUT2D eigenvalue weighted by molar-refractivity contribution is 5.38. The molecule has 1 aromatic heterocycles. The van der Waals surface area contributed by atoms with Gasteiger partial charge in [0.25, 0.3) is 0 Å². The number of piperazine rings is 1. The van der Waals surface area contributed by atoms with Crippen LogP contribution in [0.5, 0.6) is 0 Å².